The van der Waals surface area contributed by atoms with Crippen LogP contribution in [0.15, 0.2) is 15.9 Å². The van der Waals surface area contributed by atoms with E-state index in [4.69, 9.17) is 4.11 Å². The van der Waals surface area contributed by atoms with E-state index in [2.05, 4.69) is 4.98 Å². The number of carbonyl (C=O) groups excluding carboxylic acids is 1. The molecule has 20 heavy (non-hydrogen) atoms. The van der Waals surface area contributed by atoms with E-state index in [0.29, 0.717) is 0 Å². The summed E-state index contributed by atoms with van der Waals surface area (Å²) in [7, 11) is 2.98. The molecule has 2 aromatic heterocycles. The summed E-state index contributed by atoms with van der Waals surface area (Å²) in [6.07, 6.45) is -2.01. The number of imidazole rings is 1. The van der Waals surface area contributed by atoms with Crippen LogP contribution in [-0.4, -0.2) is 24.5 Å². The predicted molar refractivity (Wildman–Crippen MR) is 74.7 cm³/mol. The summed E-state index contributed by atoms with van der Waals surface area (Å²) in [5.41, 5.74) is -0.863. The molecule has 0 spiro atoms. The minimum Gasteiger partial charge on any atom is -0.328 e. The van der Waals surface area contributed by atoms with Crippen molar-refractivity contribution in [1.82, 2.24) is 18.7 Å². The molecular weight excluding hydrogens is 260 g/mol. The van der Waals surface area contributed by atoms with Crippen LogP contribution in [0.5, 0.6) is 0 Å². The quantitative estimate of drug-likeness (QED) is 0.784. The molecule has 0 saturated heterocycles. The molecule has 0 aromatic carbocycles. The molecule has 0 aliphatic heterocycles. The molecule has 0 saturated carbocycles. The van der Waals surface area contributed by atoms with E-state index in [0.717, 1.165) is 4.57 Å². The second kappa shape index (κ2) is 5.44. The van der Waals surface area contributed by atoms with Gasteiger partial charge in [0.25, 0.3) is 5.56 Å². The molecule has 2 aromatic rings. The van der Waals surface area contributed by atoms with Gasteiger partial charge in [0.15, 0.2) is 11.2 Å². The zero-order chi connectivity index (χ0) is 17.5. The molecular formula is C13H18N4O3. The fraction of sp³-hybridized carbons (Fsp3) is 0.538. The molecule has 2 rings (SSSR count). The normalized spacial score (nSPS) is 14.1. The summed E-state index contributed by atoms with van der Waals surface area (Å²) in [5, 5.41) is 0. The van der Waals surface area contributed by atoms with Crippen LogP contribution in [0.25, 0.3) is 11.2 Å². The van der Waals surface area contributed by atoms with Crippen LogP contribution in [0.4, 0.5) is 0 Å². The van der Waals surface area contributed by atoms with Crippen molar-refractivity contribution in [2.45, 2.75) is 32.7 Å². The molecule has 2 heterocycles. The first kappa shape index (κ1) is 10.6. The first-order chi connectivity index (χ1) is 10.6. The molecule has 0 amide bonds. The third kappa shape index (κ3) is 2.43. The Bertz CT molecular complexity index is 894. The highest BCUT2D eigenvalue weighted by Gasteiger charge is 2.14. The monoisotopic (exact) mass is 281 g/mol. The Morgan fingerprint density at radius 2 is 2.10 bits per heavy atom. The third-order valence-corrected chi connectivity index (χ3v) is 3.07. The van der Waals surface area contributed by atoms with Gasteiger partial charge in [0.2, 0.25) is 0 Å². The molecule has 0 aliphatic rings. The zero-order valence-electron chi connectivity index (χ0n) is 14.6. The van der Waals surface area contributed by atoms with Crippen molar-refractivity contribution >= 4 is 16.9 Å². The highest BCUT2D eigenvalue weighted by Crippen LogP contribution is 2.04. The van der Waals surface area contributed by atoms with E-state index in [9.17, 15) is 14.4 Å². The van der Waals surface area contributed by atoms with Crippen LogP contribution in [0.1, 0.15) is 30.3 Å². The maximum atomic E-state index is 12.5. The average Bonchev–Trinajstić information content (AvgIpc) is 2.76. The molecule has 0 aliphatic carbocycles. The number of aryl methyl sites for hydroxylation is 2. The number of Topliss-reactive ketones (excluding diaryl/α,β-unsaturated/α-hetero) is 1. The van der Waals surface area contributed by atoms with Crippen LogP contribution in [0.3, 0.4) is 0 Å². The van der Waals surface area contributed by atoms with Crippen LogP contribution >= 0.6 is 0 Å². The fourth-order valence-corrected chi connectivity index (χ4v) is 2.03. The standard InChI is InChI=1S/C13H18N4O3/c1-9(18)6-4-5-7-17-12(19)10-11(14-8-15(10)2)16(3)13(17)20/h8H,4-7H2,1-3H3/i6D2,8D. The van der Waals surface area contributed by atoms with Crippen molar-refractivity contribution in [3.8, 4) is 0 Å². The maximum Gasteiger partial charge on any atom is 0.332 e. The van der Waals surface area contributed by atoms with Crippen molar-refractivity contribution in [3.05, 3.63) is 27.1 Å². The summed E-state index contributed by atoms with van der Waals surface area (Å²) >= 11 is 0. The van der Waals surface area contributed by atoms with Gasteiger partial charge in [-0.15, -0.1) is 0 Å². The number of ketones is 1. The molecule has 0 radical (unpaired) electrons. The first-order valence-electron chi connectivity index (χ1n) is 7.72. The van der Waals surface area contributed by atoms with E-state index in [1.165, 1.54) is 30.2 Å². The van der Waals surface area contributed by atoms with Crippen LogP contribution in [0.2, 0.25) is 0 Å². The lowest BCUT2D eigenvalue weighted by atomic mass is 10.2. The summed E-state index contributed by atoms with van der Waals surface area (Å²) in [4.78, 5) is 39.8. The van der Waals surface area contributed by atoms with Crippen molar-refractivity contribution < 1.29 is 8.91 Å². The Morgan fingerprint density at radius 1 is 1.40 bits per heavy atom. The van der Waals surface area contributed by atoms with Crippen LogP contribution in [-0.2, 0) is 25.4 Å². The number of hydrogen-bond donors (Lipinski definition) is 0. The Balaban J connectivity index is 2.43. The highest BCUT2D eigenvalue weighted by atomic mass is 16.2. The number of rotatable bonds is 5. The van der Waals surface area contributed by atoms with Crippen molar-refractivity contribution in [2.24, 2.45) is 14.1 Å². The minimum absolute atomic E-state index is 0.00719. The third-order valence-electron chi connectivity index (χ3n) is 3.07. The second-order valence-corrected chi connectivity index (χ2v) is 4.58. The lowest BCUT2D eigenvalue weighted by Crippen LogP contribution is -2.39. The van der Waals surface area contributed by atoms with E-state index in [1.54, 1.807) is 0 Å². The van der Waals surface area contributed by atoms with Crippen LogP contribution in [0, 0.1) is 0 Å². The lowest BCUT2D eigenvalue weighted by Gasteiger charge is -2.08. The van der Waals surface area contributed by atoms with Gasteiger partial charge in [-0.25, -0.2) is 9.78 Å². The van der Waals surface area contributed by atoms with Gasteiger partial charge in [-0.1, -0.05) is 0 Å². The summed E-state index contributed by atoms with van der Waals surface area (Å²) < 4.78 is 26.3. The maximum absolute atomic E-state index is 12.5. The van der Waals surface area contributed by atoms with E-state index in [1.807, 2.05) is 0 Å². The van der Waals surface area contributed by atoms with Crippen LogP contribution < -0.4 is 11.2 Å². The Labute approximate surface area is 119 Å². The summed E-state index contributed by atoms with van der Waals surface area (Å²) in [5.74, 6) is -0.585. The largest absolute Gasteiger partial charge is 0.332 e. The molecule has 108 valence electrons. The molecule has 0 bridgehead atoms. The Hall–Kier alpha value is -2.18. The van der Waals surface area contributed by atoms with Gasteiger partial charge in [0.1, 0.15) is 7.15 Å². The smallest absolute Gasteiger partial charge is 0.328 e. The molecule has 7 heteroatoms. The molecule has 0 unspecified atom stereocenters. The van der Waals surface area contributed by atoms with Gasteiger partial charge in [-0.2, -0.15) is 0 Å². The van der Waals surface area contributed by atoms with Gasteiger partial charge < -0.3 is 9.36 Å². The average molecular weight is 281 g/mol. The SMILES string of the molecule is [2H]c1nc2c(c(=O)n(CCCC([2H])([2H])C(C)=O)c(=O)n2C)n1C. The van der Waals surface area contributed by atoms with Gasteiger partial charge in [0.05, 0.1) is 6.30 Å². The van der Waals surface area contributed by atoms with Gasteiger partial charge in [-0.3, -0.25) is 13.9 Å². The molecule has 0 fully saturated rings. The number of hydrogen-bond acceptors (Lipinski definition) is 4. The first-order valence-corrected chi connectivity index (χ1v) is 6.22. The Kier molecular flexibility index (Phi) is 2.88. The van der Waals surface area contributed by atoms with E-state index < -0.39 is 23.4 Å². The number of aromatic nitrogens is 4. The van der Waals surface area contributed by atoms with E-state index in [-0.39, 0.29) is 36.9 Å². The Morgan fingerprint density at radius 3 is 2.75 bits per heavy atom. The molecule has 0 atom stereocenters. The molecule has 7 nitrogen and oxygen atoms in total. The van der Waals surface area contributed by atoms with Crippen molar-refractivity contribution in [3.63, 3.8) is 0 Å². The fourth-order valence-electron chi connectivity index (χ4n) is 2.03. The van der Waals surface area contributed by atoms with Crippen molar-refractivity contribution in [1.29, 1.82) is 0 Å². The lowest BCUT2D eigenvalue weighted by molar-refractivity contribution is -0.117. The summed E-state index contributed by atoms with van der Waals surface area (Å²) in [6, 6.07) is 0. The van der Waals surface area contributed by atoms with Gasteiger partial charge in [-0.05, 0) is 19.8 Å². The predicted octanol–water partition coefficient (Wildman–Crippen LogP) is 0.193. The minimum atomic E-state index is -1.97. The highest BCUT2D eigenvalue weighted by molar-refractivity contribution is 5.75. The number of nitrogens with zero attached hydrogens (tertiary/aromatic N) is 4. The second-order valence-electron chi connectivity index (χ2n) is 4.58. The van der Waals surface area contributed by atoms with Gasteiger partial charge >= 0.3 is 5.69 Å². The zero-order valence-corrected chi connectivity index (χ0v) is 11.6. The van der Waals surface area contributed by atoms with E-state index >= 15 is 0 Å². The van der Waals surface area contributed by atoms with Gasteiger partial charge in [0, 0.05) is 29.8 Å². The van der Waals surface area contributed by atoms with Crippen molar-refractivity contribution in [2.75, 3.05) is 0 Å². The number of fused-ring (bicyclic) bond motifs is 1. The molecule has 0 N–H and O–H groups in total. The topological polar surface area (TPSA) is 78.9 Å². The number of carbonyl (C=O) groups is 1. The summed E-state index contributed by atoms with van der Waals surface area (Å²) in [6.45, 7) is 1.16.